The monoisotopic (exact) mass is 198 g/mol. The van der Waals surface area contributed by atoms with Crippen LogP contribution in [-0.4, -0.2) is 25.2 Å². The molecule has 0 heterocycles. The van der Waals surface area contributed by atoms with E-state index >= 15 is 0 Å². The molecule has 0 aromatic heterocycles. The summed E-state index contributed by atoms with van der Waals surface area (Å²) in [6.07, 6.45) is -4.70. The Balaban J connectivity index is 3.13. The number of alkyl halides is 3. The van der Waals surface area contributed by atoms with E-state index in [0.29, 0.717) is 0 Å². The highest BCUT2D eigenvalue weighted by atomic mass is 19.4. The number of rotatable bonds is 6. The van der Waals surface area contributed by atoms with Gasteiger partial charge in [-0.1, -0.05) is 0 Å². The van der Waals surface area contributed by atoms with Gasteiger partial charge in [-0.05, 0) is 6.42 Å². The van der Waals surface area contributed by atoms with Gasteiger partial charge in [0.05, 0.1) is 12.4 Å². The van der Waals surface area contributed by atoms with E-state index in [1.165, 1.54) is 0 Å². The minimum Gasteiger partial charge on any atom is -0.388 e. The van der Waals surface area contributed by atoms with E-state index in [1.54, 1.807) is 0 Å². The largest absolute Gasteiger partial charge is 0.389 e. The second kappa shape index (κ2) is 5.80. The molecule has 0 amide bonds. The van der Waals surface area contributed by atoms with Gasteiger partial charge >= 0.3 is 6.18 Å². The second-order valence-electron chi connectivity index (χ2n) is 2.61. The average Bonchev–Trinajstić information content (AvgIpc) is 1.93. The summed E-state index contributed by atoms with van der Waals surface area (Å²) in [5, 5.41) is 6.79. The van der Waals surface area contributed by atoms with Crippen LogP contribution in [0.25, 0.3) is 0 Å². The molecule has 0 rings (SSSR count). The second-order valence-corrected chi connectivity index (χ2v) is 2.61. The zero-order valence-corrected chi connectivity index (χ0v) is 7.16. The molecule has 0 radical (unpaired) electrons. The molecule has 78 valence electrons. The molecule has 0 aliphatic rings. The maximum Gasteiger partial charge on any atom is 0.389 e. The van der Waals surface area contributed by atoms with E-state index in [2.05, 4.69) is 0 Å². The van der Waals surface area contributed by atoms with Crippen LogP contribution in [0.4, 0.5) is 13.2 Å². The first-order valence-electron chi connectivity index (χ1n) is 3.89. The molecule has 0 saturated carbocycles. The van der Waals surface area contributed by atoms with E-state index in [0.717, 1.165) is 0 Å². The summed E-state index contributed by atoms with van der Waals surface area (Å²) in [5.41, 5.74) is 5.00. The van der Waals surface area contributed by atoms with Gasteiger partial charge in [-0.2, -0.15) is 13.2 Å². The molecule has 0 aliphatic heterocycles. The maximum atomic E-state index is 11.6. The van der Waals surface area contributed by atoms with Crippen LogP contribution in [0, 0.1) is 5.41 Å². The number of hydrogen-bond donors (Lipinski definition) is 2. The third kappa shape index (κ3) is 11.2. The first kappa shape index (κ1) is 12.2. The summed E-state index contributed by atoms with van der Waals surface area (Å²) in [6, 6.07) is 0. The number of amidine groups is 1. The summed E-state index contributed by atoms with van der Waals surface area (Å²) < 4.78 is 39.6. The predicted molar refractivity (Wildman–Crippen MR) is 42.6 cm³/mol. The van der Waals surface area contributed by atoms with Gasteiger partial charge in [0.15, 0.2) is 0 Å². The molecule has 0 saturated heterocycles. The number of nitrogens with two attached hydrogens (primary N) is 1. The van der Waals surface area contributed by atoms with Crippen LogP contribution in [0.15, 0.2) is 0 Å². The Bertz CT molecular complexity index is 158. The Morgan fingerprint density at radius 2 is 1.92 bits per heavy atom. The zero-order valence-electron chi connectivity index (χ0n) is 7.16. The fraction of sp³-hybridized carbons (Fsp3) is 0.857. The fourth-order valence-corrected chi connectivity index (χ4v) is 0.659. The third-order valence-corrected chi connectivity index (χ3v) is 1.26. The molecule has 3 N–H and O–H groups in total. The smallest absolute Gasteiger partial charge is 0.388 e. The Morgan fingerprint density at radius 1 is 1.31 bits per heavy atom. The van der Waals surface area contributed by atoms with E-state index in [9.17, 15) is 13.2 Å². The van der Waals surface area contributed by atoms with Crippen molar-refractivity contribution in [3.05, 3.63) is 0 Å². The first-order chi connectivity index (χ1) is 5.92. The Hall–Kier alpha value is -0.780. The van der Waals surface area contributed by atoms with Gasteiger partial charge in [-0.15, -0.1) is 0 Å². The molecule has 0 aliphatic carbocycles. The van der Waals surface area contributed by atoms with Crippen molar-refractivity contribution < 1.29 is 17.9 Å². The molecule has 0 fully saturated rings. The maximum absolute atomic E-state index is 11.6. The van der Waals surface area contributed by atoms with Crippen LogP contribution in [0.2, 0.25) is 0 Å². The molecular weight excluding hydrogens is 185 g/mol. The van der Waals surface area contributed by atoms with E-state index in [-0.39, 0.29) is 31.9 Å². The lowest BCUT2D eigenvalue weighted by Gasteiger charge is -2.06. The number of ether oxygens (including phenoxy) is 1. The topological polar surface area (TPSA) is 59.1 Å². The Morgan fingerprint density at radius 3 is 2.38 bits per heavy atom. The van der Waals surface area contributed by atoms with Crippen LogP contribution >= 0.6 is 0 Å². The van der Waals surface area contributed by atoms with Crippen molar-refractivity contribution in [3.8, 4) is 0 Å². The number of halogens is 3. The van der Waals surface area contributed by atoms with Gasteiger partial charge in [0.2, 0.25) is 0 Å². The summed E-state index contributed by atoms with van der Waals surface area (Å²) in [6.45, 7) is 0.278. The fourth-order valence-electron chi connectivity index (χ4n) is 0.659. The van der Waals surface area contributed by atoms with E-state index < -0.39 is 12.6 Å². The molecule has 3 nitrogen and oxygen atoms in total. The summed E-state index contributed by atoms with van der Waals surface area (Å²) in [4.78, 5) is 0. The molecule has 0 aromatic carbocycles. The SMILES string of the molecule is N=C(N)CCOCCCC(F)(F)F. The van der Waals surface area contributed by atoms with Gasteiger partial charge in [0.25, 0.3) is 0 Å². The lowest BCUT2D eigenvalue weighted by Crippen LogP contribution is -2.13. The lowest BCUT2D eigenvalue weighted by atomic mass is 10.3. The molecular formula is C7H13F3N2O. The van der Waals surface area contributed by atoms with Crippen molar-refractivity contribution >= 4 is 5.84 Å². The Labute approximate surface area is 74.6 Å². The quantitative estimate of drug-likeness (QED) is 0.387. The summed E-state index contributed by atoms with van der Waals surface area (Å²) in [7, 11) is 0. The van der Waals surface area contributed by atoms with Gasteiger partial charge in [-0.25, -0.2) is 0 Å². The molecule has 6 heteroatoms. The van der Waals surface area contributed by atoms with Gasteiger partial charge in [0, 0.05) is 19.4 Å². The van der Waals surface area contributed by atoms with Crippen LogP contribution in [0.5, 0.6) is 0 Å². The van der Waals surface area contributed by atoms with E-state index in [4.69, 9.17) is 15.9 Å². The number of nitrogens with one attached hydrogen (secondary N) is 1. The highest BCUT2D eigenvalue weighted by Crippen LogP contribution is 2.20. The minimum absolute atomic E-state index is 0.0178. The normalized spacial score (nSPS) is 11.6. The molecule has 0 atom stereocenters. The molecule has 0 unspecified atom stereocenters. The Kier molecular flexibility index (Phi) is 5.45. The van der Waals surface area contributed by atoms with Crippen LogP contribution in [0.1, 0.15) is 19.3 Å². The van der Waals surface area contributed by atoms with Gasteiger partial charge in [-0.3, -0.25) is 5.41 Å². The molecule has 13 heavy (non-hydrogen) atoms. The van der Waals surface area contributed by atoms with Gasteiger partial charge < -0.3 is 10.5 Å². The van der Waals surface area contributed by atoms with Gasteiger partial charge in [0.1, 0.15) is 0 Å². The van der Waals surface area contributed by atoms with Crippen molar-refractivity contribution in [2.45, 2.75) is 25.4 Å². The lowest BCUT2D eigenvalue weighted by molar-refractivity contribution is -0.137. The molecule has 0 aromatic rings. The highest BCUT2D eigenvalue weighted by Gasteiger charge is 2.25. The van der Waals surface area contributed by atoms with Crippen molar-refractivity contribution in [2.75, 3.05) is 13.2 Å². The zero-order chi connectivity index (χ0) is 10.3. The van der Waals surface area contributed by atoms with E-state index in [1.807, 2.05) is 0 Å². The van der Waals surface area contributed by atoms with Crippen molar-refractivity contribution in [1.29, 1.82) is 5.41 Å². The first-order valence-corrected chi connectivity index (χ1v) is 3.89. The molecule has 0 spiro atoms. The van der Waals surface area contributed by atoms with Crippen molar-refractivity contribution in [1.82, 2.24) is 0 Å². The average molecular weight is 198 g/mol. The summed E-state index contributed by atoms with van der Waals surface area (Å²) >= 11 is 0. The number of hydrogen-bond acceptors (Lipinski definition) is 2. The minimum atomic E-state index is -4.11. The highest BCUT2D eigenvalue weighted by molar-refractivity contribution is 5.76. The predicted octanol–water partition coefficient (Wildman–Crippen LogP) is 1.67. The molecule has 0 bridgehead atoms. The summed E-state index contributed by atoms with van der Waals surface area (Å²) in [5.74, 6) is -0.0178. The standard InChI is InChI=1S/C7H13F3N2O/c8-7(9,10)3-1-4-13-5-2-6(11)12/h1-5H2,(H3,11,12). The van der Waals surface area contributed by atoms with Crippen molar-refractivity contribution in [3.63, 3.8) is 0 Å². The van der Waals surface area contributed by atoms with Crippen molar-refractivity contribution in [2.24, 2.45) is 5.73 Å². The van der Waals surface area contributed by atoms with Crippen LogP contribution in [0.3, 0.4) is 0 Å². The van der Waals surface area contributed by atoms with Crippen LogP contribution < -0.4 is 5.73 Å². The third-order valence-electron chi connectivity index (χ3n) is 1.26. The van der Waals surface area contributed by atoms with Crippen LogP contribution in [-0.2, 0) is 4.74 Å².